The largest absolute Gasteiger partial charge is 0.433 e. The van der Waals surface area contributed by atoms with E-state index in [0.717, 1.165) is 30.0 Å². The number of rotatable bonds is 8. The van der Waals surface area contributed by atoms with E-state index in [1.54, 1.807) is 37.3 Å². The summed E-state index contributed by atoms with van der Waals surface area (Å²) in [5.41, 5.74) is 0.146. The molecular weight excluding hydrogens is 510 g/mol. The third-order valence-corrected chi connectivity index (χ3v) is 5.63. The van der Waals surface area contributed by atoms with Gasteiger partial charge < -0.3 is 5.32 Å². The maximum absolute atomic E-state index is 14.3. The molecule has 2 aromatic carbocycles. The fraction of sp³-hybridized carbons (Fsp3) is 0.154. The summed E-state index contributed by atoms with van der Waals surface area (Å²) < 4.78 is 78.5. The Hall–Kier alpha value is -3.99. The summed E-state index contributed by atoms with van der Waals surface area (Å²) in [6.45, 7) is 1.60. The summed E-state index contributed by atoms with van der Waals surface area (Å²) in [5, 5.41) is 2.62. The molecule has 1 amide bonds. The minimum atomic E-state index is -4.63. The highest BCUT2D eigenvalue weighted by atomic mass is 32.2. The predicted octanol–water partition coefficient (Wildman–Crippen LogP) is 5.67. The van der Waals surface area contributed by atoms with Crippen LogP contribution in [0, 0.1) is 5.82 Å². The fourth-order valence-electron chi connectivity index (χ4n) is 3.25. The van der Waals surface area contributed by atoms with Crippen molar-refractivity contribution in [1.29, 1.82) is 0 Å². The van der Waals surface area contributed by atoms with E-state index < -0.39 is 39.7 Å². The molecule has 0 spiro atoms. The van der Waals surface area contributed by atoms with Gasteiger partial charge in [0, 0.05) is 11.6 Å². The number of carbonyl (C=O) groups excluding carboxylic acids is 1. The first-order valence-electron chi connectivity index (χ1n) is 10.9. The Morgan fingerprint density at radius 1 is 1.00 bits per heavy atom. The van der Waals surface area contributed by atoms with E-state index in [-0.39, 0.29) is 16.9 Å². The minimum Gasteiger partial charge on any atom is -0.346 e. The van der Waals surface area contributed by atoms with Gasteiger partial charge in [0.1, 0.15) is 11.5 Å². The number of aromatic nitrogens is 1. The van der Waals surface area contributed by atoms with Crippen molar-refractivity contribution < 1.29 is 30.8 Å². The fourth-order valence-corrected chi connectivity index (χ4v) is 3.82. The topological polar surface area (TPSA) is 88.2 Å². The van der Waals surface area contributed by atoms with Gasteiger partial charge in [0.25, 0.3) is 0 Å². The number of nitrogens with one attached hydrogen (secondary N) is 2. The highest BCUT2D eigenvalue weighted by Crippen LogP contribution is 2.29. The summed E-state index contributed by atoms with van der Waals surface area (Å²) in [6, 6.07) is 14.1. The number of hydrogen-bond acceptors (Lipinski definition) is 4. The van der Waals surface area contributed by atoms with Crippen LogP contribution in [0.3, 0.4) is 0 Å². The van der Waals surface area contributed by atoms with Crippen molar-refractivity contribution in [2.45, 2.75) is 19.1 Å². The Balaban J connectivity index is 1.78. The number of sulfonamides is 1. The van der Waals surface area contributed by atoms with Crippen molar-refractivity contribution in [1.82, 2.24) is 10.3 Å². The molecule has 0 fully saturated rings. The number of benzene rings is 2. The second kappa shape index (κ2) is 11.4. The van der Waals surface area contributed by atoms with Gasteiger partial charge in [-0.3, -0.25) is 9.52 Å². The first kappa shape index (κ1) is 27.6. The molecule has 0 saturated heterocycles. The monoisotopic (exact) mass is 533 g/mol. The number of anilines is 1. The Morgan fingerprint density at radius 2 is 1.70 bits per heavy atom. The molecule has 3 rings (SSSR count). The van der Waals surface area contributed by atoms with E-state index in [1.807, 2.05) is 6.07 Å². The van der Waals surface area contributed by atoms with Crippen LogP contribution in [0.15, 0.2) is 66.7 Å². The van der Waals surface area contributed by atoms with Crippen molar-refractivity contribution >= 4 is 39.8 Å². The van der Waals surface area contributed by atoms with Crippen molar-refractivity contribution in [2.24, 2.45) is 0 Å². The number of nitrogens with zero attached hydrogens (tertiary/aromatic N) is 1. The standard InChI is InChI=1S/C26H23F4N3O3S/c1-17(20-9-13-23(21(27)16-20)33-37(2,35)36)31-25(34)15-11-19-10-14-24(26(28,29)30)32-22(19)12-8-18-6-4-3-5-7-18/h3-17,33H,1-2H3,(H,31,34). The molecule has 0 radical (unpaired) electrons. The molecule has 0 aliphatic heterocycles. The van der Waals surface area contributed by atoms with Crippen LogP contribution in [0.4, 0.5) is 23.2 Å². The van der Waals surface area contributed by atoms with Gasteiger partial charge in [0.2, 0.25) is 15.9 Å². The molecule has 3 aromatic rings. The van der Waals surface area contributed by atoms with Crippen LogP contribution in [-0.2, 0) is 21.0 Å². The van der Waals surface area contributed by atoms with E-state index in [4.69, 9.17) is 0 Å². The summed E-state index contributed by atoms with van der Waals surface area (Å²) in [4.78, 5) is 16.2. The molecule has 37 heavy (non-hydrogen) atoms. The predicted molar refractivity (Wildman–Crippen MR) is 135 cm³/mol. The number of alkyl halides is 3. The lowest BCUT2D eigenvalue weighted by molar-refractivity contribution is -0.141. The van der Waals surface area contributed by atoms with E-state index in [0.29, 0.717) is 5.56 Å². The molecule has 194 valence electrons. The Labute approximate surface area is 211 Å². The molecule has 1 heterocycles. The lowest BCUT2D eigenvalue weighted by Crippen LogP contribution is -2.24. The van der Waals surface area contributed by atoms with E-state index in [1.165, 1.54) is 30.4 Å². The quantitative estimate of drug-likeness (QED) is 0.288. The molecule has 6 nitrogen and oxygen atoms in total. The molecule has 11 heteroatoms. The van der Waals surface area contributed by atoms with Gasteiger partial charge in [-0.15, -0.1) is 0 Å². The summed E-state index contributed by atoms with van der Waals surface area (Å²) >= 11 is 0. The smallest absolute Gasteiger partial charge is 0.346 e. The van der Waals surface area contributed by atoms with Gasteiger partial charge >= 0.3 is 6.18 Å². The second-order valence-corrected chi connectivity index (χ2v) is 9.84. The number of pyridine rings is 1. The molecule has 0 aliphatic rings. The lowest BCUT2D eigenvalue weighted by Gasteiger charge is -2.14. The van der Waals surface area contributed by atoms with Gasteiger partial charge in [0.05, 0.1) is 23.7 Å². The SMILES string of the molecule is CC(NC(=O)C=Cc1ccc(C(F)(F)F)nc1C=Cc1ccccc1)c1ccc(NS(C)(=O)=O)c(F)c1. The molecule has 2 N–H and O–H groups in total. The highest BCUT2D eigenvalue weighted by Gasteiger charge is 2.32. The average Bonchev–Trinajstić information content (AvgIpc) is 2.82. The Bertz CT molecular complexity index is 1440. The van der Waals surface area contributed by atoms with Gasteiger partial charge in [-0.25, -0.2) is 17.8 Å². The number of halogens is 4. The Kier molecular flexibility index (Phi) is 8.49. The third-order valence-electron chi connectivity index (χ3n) is 5.04. The number of hydrogen-bond donors (Lipinski definition) is 2. The molecule has 1 unspecified atom stereocenters. The first-order chi connectivity index (χ1) is 17.3. The number of amides is 1. The summed E-state index contributed by atoms with van der Waals surface area (Å²) in [6.07, 6.45) is 1.77. The second-order valence-electron chi connectivity index (χ2n) is 8.09. The van der Waals surface area contributed by atoms with Gasteiger partial charge in [0.15, 0.2) is 0 Å². The zero-order chi connectivity index (χ0) is 27.2. The van der Waals surface area contributed by atoms with Crippen LogP contribution in [0.2, 0.25) is 0 Å². The van der Waals surface area contributed by atoms with Gasteiger partial charge in [-0.05, 0) is 48.4 Å². The highest BCUT2D eigenvalue weighted by molar-refractivity contribution is 7.92. The first-order valence-corrected chi connectivity index (χ1v) is 12.8. The van der Waals surface area contributed by atoms with Crippen molar-refractivity contribution in [2.75, 3.05) is 11.0 Å². The molecule has 1 atom stereocenters. The van der Waals surface area contributed by atoms with Crippen molar-refractivity contribution in [3.63, 3.8) is 0 Å². The van der Waals surface area contributed by atoms with Crippen LogP contribution in [0.1, 0.15) is 41.0 Å². The van der Waals surface area contributed by atoms with E-state index >= 15 is 0 Å². The minimum absolute atomic E-state index is 0.0202. The maximum Gasteiger partial charge on any atom is 0.433 e. The van der Waals surface area contributed by atoms with Crippen LogP contribution < -0.4 is 10.0 Å². The number of carbonyl (C=O) groups is 1. The van der Waals surface area contributed by atoms with Gasteiger partial charge in [-0.1, -0.05) is 48.5 Å². The molecular formula is C26H23F4N3O3S. The van der Waals surface area contributed by atoms with Crippen LogP contribution in [0.5, 0.6) is 0 Å². The third kappa shape index (κ3) is 8.28. The molecule has 0 aliphatic carbocycles. The van der Waals surface area contributed by atoms with Crippen LogP contribution in [0.25, 0.3) is 18.2 Å². The van der Waals surface area contributed by atoms with Crippen molar-refractivity contribution in [3.8, 4) is 0 Å². The molecule has 0 bridgehead atoms. The van der Waals surface area contributed by atoms with Gasteiger partial charge in [-0.2, -0.15) is 13.2 Å². The van der Waals surface area contributed by atoms with E-state index in [9.17, 15) is 30.8 Å². The normalized spacial score (nSPS) is 13.1. The average molecular weight is 534 g/mol. The molecule has 0 saturated carbocycles. The van der Waals surface area contributed by atoms with Crippen molar-refractivity contribution in [3.05, 3.63) is 101 Å². The maximum atomic E-state index is 14.3. The van der Waals surface area contributed by atoms with E-state index in [2.05, 4.69) is 15.0 Å². The lowest BCUT2D eigenvalue weighted by atomic mass is 10.1. The zero-order valence-electron chi connectivity index (χ0n) is 19.8. The molecule has 1 aromatic heterocycles. The Morgan fingerprint density at radius 3 is 2.32 bits per heavy atom. The summed E-state index contributed by atoms with van der Waals surface area (Å²) in [7, 11) is -3.66. The van der Waals surface area contributed by atoms with Crippen LogP contribution in [-0.4, -0.2) is 25.6 Å². The summed E-state index contributed by atoms with van der Waals surface area (Å²) in [5.74, 6) is -1.39. The van der Waals surface area contributed by atoms with Crippen LogP contribution >= 0.6 is 0 Å². The zero-order valence-corrected chi connectivity index (χ0v) is 20.6.